The van der Waals surface area contributed by atoms with Crippen LogP contribution in [0.3, 0.4) is 0 Å². The van der Waals surface area contributed by atoms with Crippen LogP contribution in [0.5, 0.6) is 5.75 Å². The first-order valence-electron chi connectivity index (χ1n) is 8.19. The van der Waals surface area contributed by atoms with E-state index in [0.29, 0.717) is 11.4 Å². The first-order valence-corrected chi connectivity index (χ1v) is 9.34. The van der Waals surface area contributed by atoms with Crippen LogP contribution in [-0.4, -0.2) is 34.3 Å². The molecule has 2 aromatic rings. The first-order chi connectivity index (χ1) is 12.8. The highest BCUT2D eigenvalue weighted by molar-refractivity contribution is 7.99. The number of benzene rings is 1. The van der Waals surface area contributed by atoms with E-state index in [4.69, 9.17) is 0 Å². The molecule has 2 rings (SSSR count). The number of hydrogen-bond acceptors (Lipinski definition) is 6. The number of carbonyl (C=O) groups excluding carboxylic acids is 2. The van der Waals surface area contributed by atoms with Crippen LogP contribution in [0, 0.1) is 6.92 Å². The summed E-state index contributed by atoms with van der Waals surface area (Å²) in [5, 5.41) is 9.96. The van der Waals surface area contributed by atoms with Gasteiger partial charge in [0.15, 0.2) is 5.78 Å². The molecule has 6 nitrogen and oxygen atoms in total. The highest BCUT2D eigenvalue weighted by Gasteiger charge is 2.16. The molecule has 0 spiro atoms. The summed E-state index contributed by atoms with van der Waals surface area (Å²) in [6, 6.07) is 8.87. The average molecular weight is 387 g/mol. The Bertz CT molecular complexity index is 946. The highest BCUT2D eigenvalue weighted by atomic mass is 32.2. The third kappa shape index (κ3) is 5.34. The van der Waals surface area contributed by atoms with E-state index in [9.17, 15) is 19.5 Å². The minimum Gasteiger partial charge on any atom is -0.507 e. The van der Waals surface area contributed by atoms with Crippen LogP contribution in [0.2, 0.25) is 0 Å². The van der Waals surface area contributed by atoms with Crippen molar-refractivity contribution in [2.75, 3.05) is 12.9 Å². The Balaban J connectivity index is 2.13. The molecule has 0 radical (unpaired) electrons. The lowest BCUT2D eigenvalue weighted by Gasteiger charge is -2.07. The van der Waals surface area contributed by atoms with Gasteiger partial charge in [-0.1, -0.05) is 30.3 Å². The summed E-state index contributed by atoms with van der Waals surface area (Å²) in [6.45, 7) is 1.68. The van der Waals surface area contributed by atoms with E-state index in [1.165, 1.54) is 35.6 Å². The SMILES string of the molecule is COC(=O)CSCc1cccc(C=CC(=O)c2c(O)cc(C)n(C)c2=O)c1. The summed E-state index contributed by atoms with van der Waals surface area (Å²) >= 11 is 1.43. The molecule has 0 unspecified atom stereocenters. The van der Waals surface area contributed by atoms with Gasteiger partial charge in [-0.25, -0.2) is 0 Å². The van der Waals surface area contributed by atoms with Crippen LogP contribution in [0.15, 0.2) is 41.2 Å². The van der Waals surface area contributed by atoms with Crippen molar-refractivity contribution in [1.82, 2.24) is 4.57 Å². The maximum atomic E-state index is 12.4. The lowest BCUT2D eigenvalue weighted by molar-refractivity contribution is -0.137. The topological polar surface area (TPSA) is 85.6 Å². The van der Waals surface area contributed by atoms with Crippen LogP contribution in [0.4, 0.5) is 0 Å². The maximum absolute atomic E-state index is 12.4. The number of aromatic hydroxyl groups is 1. The molecule has 0 atom stereocenters. The smallest absolute Gasteiger partial charge is 0.315 e. The molecule has 0 amide bonds. The van der Waals surface area contributed by atoms with Gasteiger partial charge in [0.25, 0.3) is 5.56 Å². The zero-order valence-corrected chi connectivity index (χ0v) is 16.2. The van der Waals surface area contributed by atoms with Gasteiger partial charge in [-0.15, -0.1) is 11.8 Å². The Morgan fingerprint density at radius 3 is 2.74 bits per heavy atom. The fraction of sp³-hybridized carbons (Fsp3) is 0.250. The van der Waals surface area contributed by atoms with Gasteiger partial charge in [0.05, 0.1) is 12.9 Å². The van der Waals surface area contributed by atoms with Crippen molar-refractivity contribution in [3.05, 3.63) is 69.1 Å². The number of aryl methyl sites for hydroxylation is 1. The number of ether oxygens (including phenoxy) is 1. The van der Waals surface area contributed by atoms with Crippen LogP contribution in [0.25, 0.3) is 6.08 Å². The number of thioether (sulfide) groups is 1. The molecule has 1 heterocycles. The molecule has 0 aliphatic rings. The molecule has 0 aliphatic heterocycles. The number of pyridine rings is 1. The summed E-state index contributed by atoms with van der Waals surface area (Å²) in [5.41, 5.74) is 1.56. The summed E-state index contributed by atoms with van der Waals surface area (Å²) in [5.74, 6) is -0.257. The van der Waals surface area contributed by atoms with Gasteiger partial charge < -0.3 is 14.4 Å². The second-order valence-corrected chi connectivity index (χ2v) is 6.91. The number of nitrogens with zero attached hydrogens (tertiary/aromatic N) is 1. The van der Waals surface area contributed by atoms with E-state index >= 15 is 0 Å². The fourth-order valence-corrected chi connectivity index (χ4v) is 3.19. The van der Waals surface area contributed by atoms with Gasteiger partial charge in [-0.2, -0.15) is 0 Å². The fourth-order valence-electron chi connectivity index (χ4n) is 2.39. The number of esters is 1. The molecule has 1 N–H and O–H groups in total. The minimum atomic E-state index is -0.557. The van der Waals surface area contributed by atoms with E-state index in [0.717, 1.165) is 11.1 Å². The predicted octanol–water partition coefficient (Wildman–Crippen LogP) is 2.70. The third-order valence-corrected chi connectivity index (χ3v) is 4.97. The minimum absolute atomic E-state index is 0.246. The predicted molar refractivity (Wildman–Crippen MR) is 106 cm³/mol. The molecule has 27 heavy (non-hydrogen) atoms. The van der Waals surface area contributed by atoms with Crippen molar-refractivity contribution in [2.45, 2.75) is 12.7 Å². The Kier molecular flexibility index (Phi) is 7.01. The molecule has 0 saturated heterocycles. The van der Waals surface area contributed by atoms with Gasteiger partial charge in [0.2, 0.25) is 0 Å². The number of carbonyl (C=O) groups is 2. The molecule has 7 heteroatoms. The van der Waals surface area contributed by atoms with Gasteiger partial charge in [0.1, 0.15) is 11.3 Å². The highest BCUT2D eigenvalue weighted by Crippen LogP contribution is 2.17. The molecule has 0 bridgehead atoms. The van der Waals surface area contributed by atoms with Crippen LogP contribution in [-0.2, 0) is 22.3 Å². The molecule has 1 aromatic heterocycles. The lowest BCUT2D eigenvalue weighted by atomic mass is 10.1. The van der Waals surface area contributed by atoms with Crippen LogP contribution >= 0.6 is 11.8 Å². The van der Waals surface area contributed by atoms with Gasteiger partial charge in [-0.3, -0.25) is 14.4 Å². The Hall–Kier alpha value is -2.80. The van der Waals surface area contributed by atoms with E-state index in [2.05, 4.69) is 4.74 Å². The van der Waals surface area contributed by atoms with Crippen molar-refractivity contribution < 1.29 is 19.4 Å². The standard InChI is InChI=1S/C20H21NO5S/c1-13-9-17(23)19(20(25)21(13)2)16(22)8-7-14-5-4-6-15(10-14)11-27-12-18(24)26-3/h4-10,23H,11-12H2,1-3H3. The van der Waals surface area contributed by atoms with E-state index in [-0.39, 0.29) is 23.0 Å². The van der Waals surface area contributed by atoms with E-state index < -0.39 is 11.3 Å². The van der Waals surface area contributed by atoms with E-state index in [1.54, 1.807) is 20.0 Å². The summed E-state index contributed by atoms with van der Waals surface area (Å²) in [7, 11) is 2.90. The van der Waals surface area contributed by atoms with Crippen LogP contribution in [0.1, 0.15) is 27.2 Å². The molecule has 0 saturated carbocycles. The molecule has 0 aliphatic carbocycles. The molecule has 1 aromatic carbocycles. The second-order valence-electron chi connectivity index (χ2n) is 5.92. The van der Waals surface area contributed by atoms with Crippen molar-refractivity contribution >= 4 is 29.6 Å². The van der Waals surface area contributed by atoms with Gasteiger partial charge in [0, 0.05) is 24.6 Å². The molecule has 142 valence electrons. The van der Waals surface area contributed by atoms with Crippen molar-refractivity contribution in [3.8, 4) is 5.75 Å². The summed E-state index contributed by atoms with van der Waals surface area (Å²) in [6.07, 6.45) is 2.86. The number of rotatable bonds is 7. The number of aromatic nitrogens is 1. The Labute approximate surface area is 161 Å². The number of allylic oxidation sites excluding steroid dienone is 1. The molecule has 0 fully saturated rings. The molecular formula is C20H21NO5S. The zero-order valence-electron chi connectivity index (χ0n) is 15.4. The van der Waals surface area contributed by atoms with Gasteiger partial charge >= 0.3 is 5.97 Å². The van der Waals surface area contributed by atoms with Crippen molar-refractivity contribution in [3.63, 3.8) is 0 Å². The second kappa shape index (κ2) is 9.23. The zero-order chi connectivity index (χ0) is 20.0. The normalized spacial score (nSPS) is 10.9. The number of hydrogen-bond donors (Lipinski definition) is 1. The summed E-state index contributed by atoms with van der Waals surface area (Å²) in [4.78, 5) is 35.7. The Morgan fingerprint density at radius 1 is 1.30 bits per heavy atom. The largest absolute Gasteiger partial charge is 0.507 e. The number of ketones is 1. The maximum Gasteiger partial charge on any atom is 0.315 e. The van der Waals surface area contributed by atoms with Crippen molar-refractivity contribution in [2.24, 2.45) is 7.05 Å². The quantitative estimate of drug-likeness (QED) is 0.447. The monoisotopic (exact) mass is 387 g/mol. The van der Waals surface area contributed by atoms with Crippen molar-refractivity contribution in [1.29, 1.82) is 0 Å². The third-order valence-electron chi connectivity index (χ3n) is 3.99. The van der Waals surface area contributed by atoms with Gasteiger partial charge in [-0.05, 0) is 24.1 Å². The lowest BCUT2D eigenvalue weighted by Crippen LogP contribution is -2.25. The average Bonchev–Trinajstić information content (AvgIpc) is 2.64. The Morgan fingerprint density at radius 2 is 2.04 bits per heavy atom. The molecular weight excluding hydrogens is 366 g/mol. The number of methoxy groups -OCH3 is 1. The summed E-state index contributed by atoms with van der Waals surface area (Å²) < 4.78 is 5.92. The van der Waals surface area contributed by atoms with Crippen LogP contribution < -0.4 is 5.56 Å². The first kappa shape index (κ1) is 20.5. The van der Waals surface area contributed by atoms with E-state index in [1.807, 2.05) is 24.3 Å².